The van der Waals surface area contributed by atoms with Crippen LogP contribution >= 0.6 is 11.6 Å². The van der Waals surface area contributed by atoms with Crippen LogP contribution in [-0.2, 0) is 30.6 Å². The number of hydrogen-bond acceptors (Lipinski definition) is 5. The molecule has 1 amide bonds. The monoisotopic (exact) mass is 498 g/mol. The van der Waals surface area contributed by atoms with Gasteiger partial charge in [0.05, 0.1) is 24.3 Å². The minimum atomic E-state index is -4.55. The number of fused-ring (bicyclic) bond motifs is 1. The highest BCUT2D eigenvalue weighted by molar-refractivity contribution is 6.30. The predicted molar refractivity (Wildman–Crippen MR) is 118 cm³/mol. The number of carbonyl (C=O) groups is 2. The molecule has 1 fully saturated rings. The van der Waals surface area contributed by atoms with Gasteiger partial charge in [-0.25, -0.2) is 4.79 Å². The normalized spacial score (nSPS) is 19.1. The quantitative estimate of drug-likeness (QED) is 0.556. The Kier molecular flexibility index (Phi) is 7.18. The summed E-state index contributed by atoms with van der Waals surface area (Å²) in [7, 11) is 0. The van der Waals surface area contributed by atoms with Crippen LogP contribution in [0, 0.1) is 0 Å². The van der Waals surface area contributed by atoms with Crippen LogP contribution in [0.25, 0.3) is 0 Å². The first-order valence-electron chi connectivity index (χ1n) is 11.2. The first kappa shape index (κ1) is 24.5. The van der Waals surface area contributed by atoms with E-state index in [0.717, 1.165) is 37.2 Å². The van der Waals surface area contributed by atoms with Crippen molar-refractivity contribution < 1.29 is 27.5 Å². The number of alkyl halides is 3. The van der Waals surface area contributed by atoms with Gasteiger partial charge in [0.2, 0.25) is 0 Å². The van der Waals surface area contributed by atoms with Crippen LogP contribution in [0.4, 0.5) is 18.0 Å². The molecule has 4 rings (SSSR count). The van der Waals surface area contributed by atoms with Gasteiger partial charge >= 0.3 is 12.3 Å². The molecule has 34 heavy (non-hydrogen) atoms. The van der Waals surface area contributed by atoms with E-state index in [1.165, 1.54) is 11.0 Å². The molecule has 1 atom stereocenters. The second-order valence-corrected chi connectivity index (χ2v) is 9.24. The number of benzene rings is 1. The molecule has 0 radical (unpaired) electrons. The average Bonchev–Trinajstić information content (AvgIpc) is 3.30. The summed E-state index contributed by atoms with van der Waals surface area (Å²) in [6.07, 6.45) is -2.43. The molecular formula is C23H26ClF3N4O3. The van der Waals surface area contributed by atoms with Gasteiger partial charge in [-0.15, -0.1) is 0 Å². The number of aromatic nitrogens is 2. The van der Waals surface area contributed by atoms with E-state index in [9.17, 15) is 22.8 Å². The molecule has 1 saturated heterocycles. The lowest BCUT2D eigenvalue weighted by molar-refractivity contribution is -0.137. The number of aryl methyl sites for hydroxylation is 1. The molecule has 7 nitrogen and oxygen atoms in total. The molecule has 184 valence electrons. The summed E-state index contributed by atoms with van der Waals surface area (Å²) in [5, 5.41) is 4.36. The van der Waals surface area contributed by atoms with E-state index in [4.69, 9.17) is 16.3 Å². The minimum Gasteiger partial charge on any atom is -0.445 e. The molecule has 0 aliphatic carbocycles. The fraction of sp³-hybridized carbons (Fsp3) is 0.522. The van der Waals surface area contributed by atoms with Crippen LogP contribution in [0.1, 0.15) is 53.5 Å². The van der Waals surface area contributed by atoms with Gasteiger partial charge in [-0.1, -0.05) is 11.6 Å². The van der Waals surface area contributed by atoms with E-state index >= 15 is 0 Å². The summed E-state index contributed by atoms with van der Waals surface area (Å²) in [5.74, 6) is -0.0510. The van der Waals surface area contributed by atoms with E-state index in [2.05, 4.69) is 16.9 Å². The van der Waals surface area contributed by atoms with Gasteiger partial charge in [0.1, 0.15) is 12.3 Å². The lowest BCUT2D eigenvalue weighted by Crippen LogP contribution is -2.32. The lowest BCUT2D eigenvalue weighted by atomic mass is 10.1. The maximum absolute atomic E-state index is 13.0. The Labute approximate surface area is 200 Å². The van der Waals surface area contributed by atoms with Crippen molar-refractivity contribution in [2.75, 3.05) is 19.6 Å². The Morgan fingerprint density at radius 3 is 2.65 bits per heavy atom. The van der Waals surface area contributed by atoms with Gasteiger partial charge in [-0.2, -0.15) is 18.3 Å². The molecule has 0 saturated carbocycles. The number of nitrogens with zero attached hydrogens (tertiary/aromatic N) is 4. The second kappa shape index (κ2) is 9.95. The number of ketones is 1. The van der Waals surface area contributed by atoms with Crippen molar-refractivity contribution >= 4 is 23.5 Å². The summed E-state index contributed by atoms with van der Waals surface area (Å²) < 4.78 is 46.0. The number of ether oxygens (including phenoxy) is 1. The first-order chi connectivity index (χ1) is 16.1. The summed E-state index contributed by atoms with van der Waals surface area (Å²) in [6.45, 7) is 4.15. The Morgan fingerprint density at radius 1 is 1.15 bits per heavy atom. The van der Waals surface area contributed by atoms with E-state index in [1.807, 2.05) is 0 Å². The van der Waals surface area contributed by atoms with Gasteiger partial charge in [-0.3, -0.25) is 14.4 Å². The smallest absolute Gasteiger partial charge is 0.416 e. The fourth-order valence-corrected chi connectivity index (χ4v) is 4.64. The minimum absolute atomic E-state index is 0.0510. The van der Waals surface area contributed by atoms with Gasteiger partial charge < -0.3 is 9.64 Å². The Morgan fingerprint density at radius 2 is 1.94 bits per heavy atom. The number of amides is 1. The van der Waals surface area contributed by atoms with Crippen molar-refractivity contribution in [1.29, 1.82) is 0 Å². The maximum atomic E-state index is 13.0. The number of carbonyl (C=O) groups excluding carboxylic acids is 2. The molecule has 11 heteroatoms. The van der Waals surface area contributed by atoms with Crippen LogP contribution in [0.5, 0.6) is 0 Å². The van der Waals surface area contributed by atoms with E-state index in [-0.39, 0.29) is 29.5 Å². The Balaban J connectivity index is 1.39. The molecular weight excluding hydrogens is 473 g/mol. The second-order valence-electron chi connectivity index (χ2n) is 8.80. The van der Waals surface area contributed by atoms with Crippen molar-refractivity contribution in [2.45, 2.75) is 58.1 Å². The van der Waals surface area contributed by atoms with Crippen molar-refractivity contribution in [3.05, 3.63) is 51.8 Å². The van der Waals surface area contributed by atoms with Crippen LogP contribution < -0.4 is 0 Å². The van der Waals surface area contributed by atoms with Gasteiger partial charge in [-0.05, 0) is 62.6 Å². The van der Waals surface area contributed by atoms with Crippen LogP contribution in [0.2, 0.25) is 5.02 Å². The summed E-state index contributed by atoms with van der Waals surface area (Å²) in [5.41, 5.74) is 0.347. The summed E-state index contributed by atoms with van der Waals surface area (Å²) in [4.78, 5) is 29.0. The number of rotatable bonds is 5. The zero-order chi connectivity index (χ0) is 24.5. The van der Waals surface area contributed by atoms with E-state index < -0.39 is 17.8 Å². The van der Waals surface area contributed by atoms with E-state index in [0.29, 0.717) is 37.8 Å². The Bertz CT molecular complexity index is 1070. The highest BCUT2D eigenvalue weighted by Crippen LogP contribution is 2.32. The van der Waals surface area contributed by atoms with Crippen molar-refractivity contribution in [1.82, 2.24) is 19.6 Å². The fourth-order valence-electron chi connectivity index (χ4n) is 4.38. The topological polar surface area (TPSA) is 67.7 Å². The molecule has 1 aromatic heterocycles. The number of likely N-dealkylation sites (tertiary alicyclic amines) is 1. The third kappa shape index (κ3) is 5.72. The molecule has 0 N–H and O–H groups in total. The SMILES string of the molecule is C[C@H]1CCCN1CC(=O)c1cc2n(n1)CCCN(C(=O)OCc1cc(Cl)cc(C(F)(F)F)c1)C2. The first-order valence-corrected chi connectivity index (χ1v) is 11.6. The number of hydrogen-bond donors (Lipinski definition) is 0. The van der Waals surface area contributed by atoms with Crippen LogP contribution in [0.3, 0.4) is 0 Å². The van der Waals surface area contributed by atoms with Crippen LogP contribution in [-0.4, -0.2) is 57.1 Å². The van der Waals surface area contributed by atoms with Crippen molar-refractivity contribution in [3.8, 4) is 0 Å². The van der Waals surface area contributed by atoms with Gasteiger partial charge in [0, 0.05) is 24.2 Å². The zero-order valence-corrected chi connectivity index (χ0v) is 19.5. The largest absolute Gasteiger partial charge is 0.445 e. The molecule has 0 bridgehead atoms. The summed E-state index contributed by atoms with van der Waals surface area (Å²) >= 11 is 5.80. The zero-order valence-electron chi connectivity index (χ0n) is 18.8. The number of Topliss-reactive ketones (excluding diaryl/α,β-unsaturated/α-hetero) is 1. The third-order valence-corrected chi connectivity index (χ3v) is 6.46. The van der Waals surface area contributed by atoms with Crippen molar-refractivity contribution in [2.24, 2.45) is 0 Å². The molecule has 0 spiro atoms. The standard InChI is InChI=1S/C23H26ClF3N4O3/c1-15-4-2-5-29(15)13-21(32)20-11-19-12-30(6-3-7-31(19)28-20)22(33)34-14-16-8-17(23(25,26)27)10-18(24)9-16/h8-11,15H,2-7,12-14H2,1H3/t15-/m0/s1. The lowest BCUT2D eigenvalue weighted by Gasteiger charge is -2.20. The maximum Gasteiger partial charge on any atom is 0.416 e. The van der Waals surface area contributed by atoms with Gasteiger partial charge in [0.15, 0.2) is 5.78 Å². The summed E-state index contributed by atoms with van der Waals surface area (Å²) in [6, 6.07) is 5.16. The molecule has 0 unspecified atom stereocenters. The van der Waals surface area contributed by atoms with Crippen molar-refractivity contribution in [3.63, 3.8) is 0 Å². The number of halogens is 4. The average molecular weight is 499 g/mol. The van der Waals surface area contributed by atoms with Crippen LogP contribution in [0.15, 0.2) is 24.3 Å². The predicted octanol–water partition coefficient (Wildman–Crippen LogP) is 4.76. The third-order valence-electron chi connectivity index (χ3n) is 6.24. The molecule has 2 aliphatic heterocycles. The Hall–Kier alpha value is -2.59. The molecule has 2 aromatic rings. The molecule has 3 heterocycles. The highest BCUT2D eigenvalue weighted by atomic mass is 35.5. The molecule has 1 aromatic carbocycles. The van der Waals surface area contributed by atoms with E-state index in [1.54, 1.807) is 10.7 Å². The molecule has 2 aliphatic rings. The highest BCUT2D eigenvalue weighted by Gasteiger charge is 2.31. The van der Waals surface area contributed by atoms with Gasteiger partial charge in [0.25, 0.3) is 0 Å².